The highest BCUT2D eigenvalue weighted by Crippen LogP contribution is 2.25. The van der Waals surface area contributed by atoms with E-state index in [2.05, 4.69) is 0 Å². The summed E-state index contributed by atoms with van der Waals surface area (Å²) in [5, 5.41) is 0.914. The van der Waals surface area contributed by atoms with Gasteiger partial charge in [-0.25, -0.2) is 0 Å². The number of carbonyl (C=O) groups excluding carboxylic acids is 2. The van der Waals surface area contributed by atoms with Gasteiger partial charge in [-0.1, -0.05) is 23.2 Å². The van der Waals surface area contributed by atoms with Gasteiger partial charge in [-0.05, 0) is 32.0 Å². The van der Waals surface area contributed by atoms with Crippen LogP contribution in [-0.4, -0.2) is 36.3 Å². The lowest BCUT2D eigenvalue weighted by Gasteiger charge is -2.24. The zero-order valence-electron chi connectivity index (χ0n) is 12.5. The van der Waals surface area contributed by atoms with Crippen molar-refractivity contribution in [2.45, 2.75) is 27.2 Å². The molecule has 0 atom stereocenters. The van der Waals surface area contributed by atoms with E-state index < -0.39 is 0 Å². The molecule has 0 N–H and O–H groups in total. The van der Waals surface area contributed by atoms with Gasteiger partial charge in [-0.2, -0.15) is 0 Å². The third-order valence-electron chi connectivity index (χ3n) is 3.20. The molecule has 1 rings (SSSR count). The smallest absolute Gasteiger partial charge is 0.224 e. The van der Waals surface area contributed by atoms with Crippen molar-refractivity contribution in [3.63, 3.8) is 0 Å². The second-order valence-electron chi connectivity index (χ2n) is 4.61. The molecule has 0 saturated carbocycles. The number of hydrogen-bond donors (Lipinski definition) is 0. The van der Waals surface area contributed by atoms with Crippen molar-refractivity contribution >= 4 is 40.7 Å². The molecule has 0 radical (unpaired) electrons. The van der Waals surface area contributed by atoms with Crippen molar-refractivity contribution in [3.05, 3.63) is 28.2 Å². The summed E-state index contributed by atoms with van der Waals surface area (Å²) in [5.74, 6) is -0.125. The van der Waals surface area contributed by atoms with Gasteiger partial charge in [0.2, 0.25) is 11.8 Å². The van der Waals surface area contributed by atoms with E-state index in [0.29, 0.717) is 35.4 Å². The first-order chi connectivity index (χ1) is 9.88. The lowest BCUT2D eigenvalue weighted by molar-refractivity contribution is -0.130. The third kappa shape index (κ3) is 5.21. The van der Waals surface area contributed by atoms with Gasteiger partial charge < -0.3 is 9.80 Å². The fraction of sp³-hybridized carbons (Fsp3) is 0.467. The van der Waals surface area contributed by atoms with Crippen molar-refractivity contribution in [2.75, 3.05) is 24.5 Å². The van der Waals surface area contributed by atoms with E-state index in [1.807, 2.05) is 13.8 Å². The summed E-state index contributed by atoms with van der Waals surface area (Å²) in [5.41, 5.74) is 0.604. The summed E-state index contributed by atoms with van der Waals surface area (Å²) in [6.07, 6.45) is 0.269. The highest BCUT2D eigenvalue weighted by molar-refractivity contribution is 6.35. The number of amides is 2. The van der Waals surface area contributed by atoms with Gasteiger partial charge in [0, 0.05) is 48.7 Å². The second-order valence-corrected chi connectivity index (χ2v) is 5.49. The molecular weight excluding hydrogens is 311 g/mol. The fourth-order valence-electron chi connectivity index (χ4n) is 2.11. The molecule has 0 aliphatic heterocycles. The van der Waals surface area contributed by atoms with Crippen LogP contribution < -0.4 is 4.90 Å². The maximum atomic E-state index is 12.0. The van der Waals surface area contributed by atoms with E-state index in [1.165, 1.54) is 11.8 Å². The molecule has 0 unspecified atom stereocenters. The minimum absolute atomic E-state index is 0.0272. The Hall–Kier alpha value is -1.26. The molecule has 0 aliphatic rings. The predicted octanol–water partition coefficient (Wildman–Crippen LogP) is 3.60. The summed E-state index contributed by atoms with van der Waals surface area (Å²) < 4.78 is 0. The molecule has 2 amide bonds. The number of benzene rings is 1. The van der Waals surface area contributed by atoms with Crippen molar-refractivity contribution in [2.24, 2.45) is 0 Å². The fourth-order valence-corrected chi connectivity index (χ4v) is 2.62. The Morgan fingerprint density at radius 1 is 1.05 bits per heavy atom. The second kappa shape index (κ2) is 8.25. The molecule has 0 heterocycles. The average Bonchev–Trinajstić information content (AvgIpc) is 2.38. The van der Waals surface area contributed by atoms with Gasteiger partial charge >= 0.3 is 0 Å². The lowest BCUT2D eigenvalue weighted by atomic mass is 10.2. The molecule has 116 valence electrons. The zero-order chi connectivity index (χ0) is 16.0. The van der Waals surface area contributed by atoms with E-state index in [-0.39, 0.29) is 18.2 Å². The summed E-state index contributed by atoms with van der Waals surface area (Å²) in [6, 6.07) is 4.93. The van der Waals surface area contributed by atoms with Crippen molar-refractivity contribution in [1.29, 1.82) is 0 Å². The van der Waals surface area contributed by atoms with Gasteiger partial charge in [-0.15, -0.1) is 0 Å². The number of carbonyl (C=O) groups is 2. The Bertz CT molecular complexity index is 496. The summed E-state index contributed by atoms with van der Waals surface area (Å²) in [7, 11) is 0. The third-order valence-corrected chi connectivity index (χ3v) is 3.64. The van der Waals surface area contributed by atoms with Crippen LogP contribution in [0.3, 0.4) is 0 Å². The van der Waals surface area contributed by atoms with Crippen LogP contribution in [0.15, 0.2) is 18.2 Å². The molecule has 0 saturated heterocycles. The standard InChI is InChI=1S/C15H20Cl2N2O2/c1-4-18(5-2)15(21)6-7-19(11(3)20)14-9-12(16)8-13(17)10-14/h8-10H,4-7H2,1-3H3. The van der Waals surface area contributed by atoms with E-state index in [4.69, 9.17) is 23.2 Å². The minimum atomic E-state index is -0.152. The van der Waals surface area contributed by atoms with Gasteiger partial charge in [0.25, 0.3) is 0 Å². The first-order valence-corrected chi connectivity index (χ1v) is 7.66. The van der Waals surface area contributed by atoms with E-state index in [1.54, 1.807) is 23.1 Å². The number of nitrogens with zero attached hydrogens (tertiary/aromatic N) is 2. The lowest BCUT2D eigenvalue weighted by Crippen LogP contribution is -2.36. The first-order valence-electron chi connectivity index (χ1n) is 6.91. The highest BCUT2D eigenvalue weighted by Gasteiger charge is 2.16. The van der Waals surface area contributed by atoms with E-state index in [0.717, 1.165) is 0 Å². The molecule has 0 aromatic heterocycles. The van der Waals surface area contributed by atoms with Crippen LogP contribution in [0.1, 0.15) is 27.2 Å². The predicted molar refractivity (Wildman–Crippen MR) is 87.0 cm³/mol. The molecular formula is C15H20Cl2N2O2. The topological polar surface area (TPSA) is 40.6 Å². The molecule has 6 heteroatoms. The van der Waals surface area contributed by atoms with E-state index >= 15 is 0 Å². The Morgan fingerprint density at radius 2 is 1.57 bits per heavy atom. The van der Waals surface area contributed by atoms with Crippen LogP contribution in [0.4, 0.5) is 5.69 Å². The molecule has 0 spiro atoms. The Labute approximate surface area is 135 Å². The summed E-state index contributed by atoms with van der Waals surface area (Å²) in [4.78, 5) is 27.1. The Morgan fingerprint density at radius 3 is 2.00 bits per heavy atom. The first kappa shape index (κ1) is 17.8. The van der Waals surface area contributed by atoms with E-state index in [9.17, 15) is 9.59 Å². The Kier molecular flexibility index (Phi) is 6.99. The summed E-state index contributed by atoms with van der Waals surface area (Å²) in [6.45, 7) is 6.95. The van der Waals surface area contributed by atoms with Crippen molar-refractivity contribution in [3.8, 4) is 0 Å². The maximum absolute atomic E-state index is 12.0. The van der Waals surface area contributed by atoms with Gasteiger partial charge in [0.05, 0.1) is 0 Å². The monoisotopic (exact) mass is 330 g/mol. The van der Waals surface area contributed by atoms with Gasteiger partial charge in [0.1, 0.15) is 0 Å². The minimum Gasteiger partial charge on any atom is -0.343 e. The highest BCUT2D eigenvalue weighted by atomic mass is 35.5. The van der Waals surface area contributed by atoms with Crippen molar-refractivity contribution < 1.29 is 9.59 Å². The SMILES string of the molecule is CCN(CC)C(=O)CCN(C(C)=O)c1cc(Cl)cc(Cl)c1. The molecule has 0 bridgehead atoms. The quantitative estimate of drug-likeness (QED) is 0.799. The van der Waals surface area contributed by atoms with Gasteiger partial charge in [0.15, 0.2) is 0 Å². The number of rotatable bonds is 6. The molecule has 0 aliphatic carbocycles. The van der Waals surface area contributed by atoms with Crippen LogP contribution in [-0.2, 0) is 9.59 Å². The van der Waals surface area contributed by atoms with Crippen LogP contribution in [0.5, 0.6) is 0 Å². The molecule has 21 heavy (non-hydrogen) atoms. The van der Waals surface area contributed by atoms with Crippen LogP contribution in [0.25, 0.3) is 0 Å². The normalized spacial score (nSPS) is 10.3. The zero-order valence-corrected chi connectivity index (χ0v) is 14.0. The molecule has 0 fully saturated rings. The largest absolute Gasteiger partial charge is 0.343 e. The van der Waals surface area contributed by atoms with Crippen LogP contribution in [0, 0.1) is 0 Å². The molecule has 4 nitrogen and oxygen atoms in total. The van der Waals surface area contributed by atoms with Crippen LogP contribution >= 0.6 is 23.2 Å². The average molecular weight is 331 g/mol. The molecule has 1 aromatic carbocycles. The Balaban J connectivity index is 2.84. The maximum Gasteiger partial charge on any atom is 0.224 e. The number of halogens is 2. The van der Waals surface area contributed by atoms with Gasteiger partial charge in [-0.3, -0.25) is 9.59 Å². The number of hydrogen-bond acceptors (Lipinski definition) is 2. The molecule has 1 aromatic rings. The van der Waals surface area contributed by atoms with Crippen molar-refractivity contribution in [1.82, 2.24) is 4.90 Å². The summed E-state index contributed by atoms with van der Waals surface area (Å²) >= 11 is 11.9. The van der Waals surface area contributed by atoms with Crippen LogP contribution in [0.2, 0.25) is 10.0 Å². The number of anilines is 1.